The Morgan fingerprint density at radius 3 is 2.75 bits per heavy atom. The lowest BCUT2D eigenvalue weighted by Crippen LogP contribution is -2.27. The molecule has 0 bridgehead atoms. The third-order valence-corrected chi connectivity index (χ3v) is 5.15. The van der Waals surface area contributed by atoms with Crippen molar-refractivity contribution in [3.8, 4) is 0 Å². The van der Waals surface area contributed by atoms with Crippen LogP contribution in [-0.4, -0.2) is 11.8 Å². The van der Waals surface area contributed by atoms with Gasteiger partial charge in [-0.15, -0.1) is 0 Å². The van der Waals surface area contributed by atoms with Crippen molar-refractivity contribution in [3.63, 3.8) is 0 Å². The molecule has 0 saturated carbocycles. The average Bonchev–Trinajstić information content (AvgIpc) is 2.62. The van der Waals surface area contributed by atoms with Gasteiger partial charge < -0.3 is 4.74 Å². The van der Waals surface area contributed by atoms with Crippen molar-refractivity contribution < 1.29 is 4.74 Å². The molecule has 4 rings (SSSR count). The molecule has 122 valence electrons. The number of benzene rings is 1. The van der Waals surface area contributed by atoms with Gasteiger partial charge in [0.05, 0.1) is 0 Å². The van der Waals surface area contributed by atoms with E-state index in [0.29, 0.717) is 5.92 Å². The molecule has 1 aromatic rings. The largest absolute Gasteiger partial charge is 0.457 e. The van der Waals surface area contributed by atoms with E-state index in [1.807, 2.05) is 0 Å². The van der Waals surface area contributed by atoms with Crippen LogP contribution in [0.25, 0.3) is 0 Å². The zero-order chi connectivity index (χ0) is 16.7. The standard InChI is InChI=1S/C22H23NO/c1-4-15(5-2)16-10-11-19-20(13-16)24-21-12-14(3)17-8-6-7-9-18(17)22(21)23-19/h6-14,19H,4-5H2,1-3H3. The number of hydrogen-bond acceptors (Lipinski definition) is 2. The van der Waals surface area contributed by atoms with Crippen molar-refractivity contribution in [2.24, 2.45) is 4.99 Å². The second kappa shape index (κ2) is 5.94. The molecule has 0 radical (unpaired) electrons. The molecule has 2 heteroatoms. The molecule has 1 aliphatic heterocycles. The Kier molecular flexibility index (Phi) is 3.76. The summed E-state index contributed by atoms with van der Waals surface area (Å²) in [5.74, 6) is 2.21. The summed E-state index contributed by atoms with van der Waals surface area (Å²) in [7, 11) is 0. The predicted molar refractivity (Wildman–Crippen MR) is 99.2 cm³/mol. The lowest BCUT2D eigenvalue weighted by atomic mass is 9.86. The van der Waals surface area contributed by atoms with Crippen LogP contribution in [0.15, 0.2) is 76.2 Å². The minimum atomic E-state index is -0.00248. The van der Waals surface area contributed by atoms with Gasteiger partial charge in [0.25, 0.3) is 0 Å². The van der Waals surface area contributed by atoms with Gasteiger partial charge in [-0.05, 0) is 36.1 Å². The van der Waals surface area contributed by atoms with Crippen molar-refractivity contribution in [1.82, 2.24) is 0 Å². The number of rotatable bonds is 2. The topological polar surface area (TPSA) is 21.6 Å². The van der Waals surface area contributed by atoms with Crippen LogP contribution in [0, 0.1) is 0 Å². The van der Waals surface area contributed by atoms with Gasteiger partial charge in [-0.3, -0.25) is 4.99 Å². The van der Waals surface area contributed by atoms with E-state index in [2.05, 4.69) is 69.3 Å². The molecule has 1 aromatic carbocycles. The van der Waals surface area contributed by atoms with Crippen LogP contribution in [-0.2, 0) is 4.74 Å². The van der Waals surface area contributed by atoms with Gasteiger partial charge in [0, 0.05) is 11.5 Å². The second-order valence-corrected chi connectivity index (χ2v) is 6.60. The summed E-state index contributed by atoms with van der Waals surface area (Å²) >= 11 is 0. The molecule has 1 heterocycles. The van der Waals surface area contributed by atoms with Crippen molar-refractivity contribution in [2.45, 2.75) is 45.6 Å². The molecule has 2 unspecified atom stereocenters. The molecular formula is C22H23NO. The summed E-state index contributed by atoms with van der Waals surface area (Å²) in [4.78, 5) is 4.99. The molecule has 0 fully saturated rings. The first-order valence-corrected chi connectivity index (χ1v) is 8.90. The van der Waals surface area contributed by atoms with Crippen LogP contribution < -0.4 is 0 Å². The van der Waals surface area contributed by atoms with E-state index in [1.165, 1.54) is 22.3 Å². The predicted octanol–water partition coefficient (Wildman–Crippen LogP) is 5.45. The molecule has 3 aliphatic rings. The monoisotopic (exact) mass is 317 g/mol. The maximum absolute atomic E-state index is 6.30. The Labute approximate surface area is 144 Å². The Morgan fingerprint density at radius 1 is 1.17 bits per heavy atom. The molecule has 2 atom stereocenters. The second-order valence-electron chi connectivity index (χ2n) is 6.60. The number of hydrogen-bond donors (Lipinski definition) is 0. The fraction of sp³-hybridized carbons (Fsp3) is 0.318. The SMILES string of the molecule is CCC(CC)=C1C=CC2N=C3C(=CC(C)c4ccccc43)OC2=C1. The minimum Gasteiger partial charge on any atom is -0.457 e. The summed E-state index contributed by atoms with van der Waals surface area (Å²) in [6.45, 7) is 6.64. The Morgan fingerprint density at radius 2 is 1.96 bits per heavy atom. The van der Waals surface area contributed by atoms with E-state index in [1.54, 1.807) is 0 Å². The van der Waals surface area contributed by atoms with Gasteiger partial charge in [-0.2, -0.15) is 0 Å². The molecule has 0 spiro atoms. The van der Waals surface area contributed by atoms with Crippen LogP contribution in [0.2, 0.25) is 0 Å². The summed E-state index contributed by atoms with van der Waals surface area (Å²) in [6, 6.07) is 8.51. The molecule has 0 aromatic heterocycles. The van der Waals surface area contributed by atoms with E-state index in [9.17, 15) is 0 Å². The van der Waals surface area contributed by atoms with E-state index in [-0.39, 0.29) is 6.04 Å². The zero-order valence-corrected chi connectivity index (χ0v) is 14.5. The normalized spacial score (nSPS) is 24.0. The summed E-state index contributed by atoms with van der Waals surface area (Å²) < 4.78 is 6.30. The summed E-state index contributed by atoms with van der Waals surface area (Å²) in [5.41, 5.74) is 6.28. The molecule has 24 heavy (non-hydrogen) atoms. The first-order chi connectivity index (χ1) is 11.7. The first kappa shape index (κ1) is 15.2. The highest BCUT2D eigenvalue weighted by Gasteiger charge is 2.31. The van der Waals surface area contributed by atoms with Crippen LogP contribution in [0.4, 0.5) is 0 Å². The number of allylic oxidation sites excluding steroid dienone is 6. The summed E-state index contributed by atoms with van der Waals surface area (Å²) in [5, 5.41) is 0. The maximum atomic E-state index is 6.30. The van der Waals surface area contributed by atoms with Crippen molar-refractivity contribution in [2.75, 3.05) is 0 Å². The average molecular weight is 317 g/mol. The highest BCUT2D eigenvalue weighted by atomic mass is 16.5. The Hall–Kier alpha value is -2.35. The minimum absolute atomic E-state index is 0.00248. The van der Waals surface area contributed by atoms with Crippen LogP contribution >= 0.6 is 0 Å². The van der Waals surface area contributed by atoms with Crippen molar-refractivity contribution >= 4 is 5.71 Å². The fourth-order valence-corrected chi connectivity index (χ4v) is 3.77. The number of ether oxygens (including phenoxy) is 1. The molecule has 0 saturated heterocycles. The van der Waals surface area contributed by atoms with Gasteiger partial charge in [0.2, 0.25) is 0 Å². The molecule has 0 N–H and O–H groups in total. The third-order valence-electron chi connectivity index (χ3n) is 5.15. The Balaban J connectivity index is 1.79. The number of nitrogens with zero attached hydrogens (tertiary/aromatic N) is 1. The van der Waals surface area contributed by atoms with Crippen LogP contribution in [0.3, 0.4) is 0 Å². The summed E-state index contributed by atoms with van der Waals surface area (Å²) in [6.07, 6.45) is 10.9. The van der Waals surface area contributed by atoms with E-state index in [4.69, 9.17) is 9.73 Å². The van der Waals surface area contributed by atoms with Gasteiger partial charge in [0.1, 0.15) is 23.3 Å². The molecule has 0 amide bonds. The van der Waals surface area contributed by atoms with Gasteiger partial charge in [0.15, 0.2) is 0 Å². The lowest BCUT2D eigenvalue weighted by Gasteiger charge is -2.31. The van der Waals surface area contributed by atoms with Crippen molar-refractivity contribution in [3.05, 3.63) is 82.4 Å². The van der Waals surface area contributed by atoms with Crippen LogP contribution in [0.5, 0.6) is 0 Å². The third kappa shape index (κ3) is 2.37. The fourth-order valence-electron chi connectivity index (χ4n) is 3.77. The molecule has 2 aliphatic carbocycles. The lowest BCUT2D eigenvalue weighted by molar-refractivity contribution is 0.294. The van der Waals surface area contributed by atoms with E-state index >= 15 is 0 Å². The van der Waals surface area contributed by atoms with Crippen molar-refractivity contribution in [1.29, 1.82) is 0 Å². The molecule has 2 nitrogen and oxygen atoms in total. The quantitative estimate of drug-likeness (QED) is 0.711. The molecular weight excluding hydrogens is 294 g/mol. The maximum Gasteiger partial charge on any atom is 0.149 e. The first-order valence-electron chi connectivity index (χ1n) is 8.90. The number of aliphatic imine (C=N–C) groups is 1. The van der Waals surface area contributed by atoms with E-state index < -0.39 is 0 Å². The smallest absolute Gasteiger partial charge is 0.149 e. The van der Waals surface area contributed by atoms with Gasteiger partial charge in [-0.25, -0.2) is 0 Å². The van der Waals surface area contributed by atoms with E-state index in [0.717, 1.165) is 30.1 Å². The zero-order valence-electron chi connectivity index (χ0n) is 14.5. The Bertz CT molecular complexity index is 829. The van der Waals surface area contributed by atoms with Gasteiger partial charge >= 0.3 is 0 Å². The van der Waals surface area contributed by atoms with Crippen LogP contribution in [0.1, 0.15) is 50.7 Å². The van der Waals surface area contributed by atoms with Gasteiger partial charge in [-0.1, -0.05) is 62.8 Å². The number of fused-ring (bicyclic) bond motifs is 4. The highest BCUT2D eigenvalue weighted by Crippen LogP contribution is 2.37. The highest BCUT2D eigenvalue weighted by molar-refractivity contribution is 6.14.